The van der Waals surface area contributed by atoms with Crippen molar-refractivity contribution in [3.05, 3.63) is 101 Å². The SMILES string of the molecule is FC(F)(F)c1cc(NC2(c3ccccc3)N=C(C(Cl)(Cl)Cl)N=C2c2ccccc2)cc(C(F)(F)F)c1. The molecule has 3 aromatic carbocycles. The van der Waals surface area contributed by atoms with Gasteiger partial charge in [0, 0.05) is 16.8 Å². The zero-order chi connectivity index (χ0) is 26.4. The van der Waals surface area contributed by atoms with Crippen molar-refractivity contribution in [3.8, 4) is 0 Å². The van der Waals surface area contributed by atoms with Crippen LogP contribution in [0.15, 0.2) is 88.8 Å². The Morgan fingerprint density at radius 1 is 0.694 bits per heavy atom. The predicted molar refractivity (Wildman–Crippen MR) is 129 cm³/mol. The second-order valence-corrected chi connectivity index (χ2v) is 10.0. The van der Waals surface area contributed by atoms with Gasteiger partial charge >= 0.3 is 12.4 Å². The molecule has 4 rings (SSSR count). The average molecular weight is 565 g/mol. The Bertz CT molecular complexity index is 1280. The second kappa shape index (κ2) is 9.28. The molecule has 0 aliphatic carbocycles. The number of hydrogen-bond acceptors (Lipinski definition) is 3. The molecule has 3 aromatic rings. The van der Waals surface area contributed by atoms with Crippen molar-refractivity contribution < 1.29 is 26.3 Å². The van der Waals surface area contributed by atoms with Gasteiger partial charge in [-0.15, -0.1) is 0 Å². The molecular weight excluding hydrogens is 551 g/mol. The first-order chi connectivity index (χ1) is 16.7. The number of benzene rings is 3. The molecule has 1 aliphatic heterocycles. The van der Waals surface area contributed by atoms with Gasteiger partial charge < -0.3 is 5.32 Å². The number of halogens is 9. The number of alkyl halides is 9. The monoisotopic (exact) mass is 563 g/mol. The molecule has 0 amide bonds. The predicted octanol–water partition coefficient (Wildman–Crippen LogP) is 8.26. The Morgan fingerprint density at radius 3 is 1.67 bits per heavy atom. The number of nitrogens with zero attached hydrogens (tertiary/aromatic N) is 2. The zero-order valence-corrected chi connectivity index (χ0v) is 20.1. The molecule has 1 heterocycles. The molecule has 0 fully saturated rings. The first kappa shape index (κ1) is 26.3. The van der Waals surface area contributed by atoms with Gasteiger partial charge in [0.2, 0.25) is 9.46 Å². The third-order valence-corrected chi connectivity index (χ3v) is 5.75. The van der Waals surface area contributed by atoms with Gasteiger partial charge in [0.05, 0.1) is 11.1 Å². The summed E-state index contributed by atoms with van der Waals surface area (Å²) in [4.78, 5) is 8.80. The van der Waals surface area contributed by atoms with Crippen molar-refractivity contribution >= 4 is 52.0 Å². The van der Waals surface area contributed by atoms with Crippen LogP contribution in [0.25, 0.3) is 0 Å². The molecule has 12 heteroatoms. The molecule has 0 aromatic heterocycles. The molecule has 0 spiro atoms. The first-order valence-corrected chi connectivity index (χ1v) is 11.3. The summed E-state index contributed by atoms with van der Waals surface area (Å²) in [5.41, 5.74) is -4.43. The average Bonchev–Trinajstić information content (AvgIpc) is 3.20. The van der Waals surface area contributed by atoms with E-state index in [0.717, 1.165) is 0 Å². The van der Waals surface area contributed by atoms with Crippen molar-refractivity contribution in [1.82, 2.24) is 0 Å². The number of nitrogens with one attached hydrogen (secondary N) is 1. The van der Waals surface area contributed by atoms with E-state index in [4.69, 9.17) is 34.8 Å². The Kier molecular flexibility index (Phi) is 6.79. The first-order valence-electron chi connectivity index (χ1n) is 10.1. The lowest BCUT2D eigenvalue weighted by molar-refractivity contribution is -0.143. The Labute approximate surface area is 216 Å². The lowest BCUT2D eigenvalue weighted by Crippen LogP contribution is -2.41. The van der Waals surface area contributed by atoms with Crippen molar-refractivity contribution in [1.29, 1.82) is 0 Å². The van der Waals surface area contributed by atoms with Crippen molar-refractivity contribution in [2.24, 2.45) is 9.98 Å². The summed E-state index contributed by atoms with van der Waals surface area (Å²) in [6.07, 6.45) is -10.1. The third kappa shape index (κ3) is 5.33. The summed E-state index contributed by atoms with van der Waals surface area (Å²) in [6, 6.07) is 17.6. The molecule has 1 unspecified atom stereocenters. The Balaban J connectivity index is 1.99. The van der Waals surface area contributed by atoms with Gasteiger partial charge in [0.15, 0.2) is 5.84 Å². The van der Waals surface area contributed by atoms with Crippen LogP contribution in [0.1, 0.15) is 22.3 Å². The highest BCUT2D eigenvalue weighted by atomic mass is 35.6. The topological polar surface area (TPSA) is 36.8 Å². The van der Waals surface area contributed by atoms with Crippen LogP contribution in [-0.4, -0.2) is 15.3 Å². The molecule has 1 aliphatic rings. The minimum absolute atomic E-state index is 0.0389. The van der Waals surface area contributed by atoms with Gasteiger partial charge in [-0.2, -0.15) is 26.3 Å². The summed E-state index contributed by atoms with van der Waals surface area (Å²) in [5, 5.41) is 2.75. The van der Waals surface area contributed by atoms with Crippen molar-refractivity contribution in [3.63, 3.8) is 0 Å². The minimum atomic E-state index is -5.05. The van der Waals surface area contributed by atoms with Crippen LogP contribution >= 0.6 is 34.8 Å². The molecular formula is C24H14Cl3F6N3. The van der Waals surface area contributed by atoms with Gasteiger partial charge in [0.1, 0.15) is 5.71 Å². The van der Waals surface area contributed by atoms with E-state index in [0.29, 0.717) is 23.3 Å². The van der Waals surface area contributed by atoms with Gasteiger partial charge in [-0.25, -0.2) is 9.98 Å². The van der Waals surface area contributed by atoms with E-state index in [2.05, 4.69) is 15.3 Å². The fourth-order valence-corrected chi connectivity index (χ4v) is 3.95. The van der Waals surface area contributed by atoms with E-state index < -0.39 is 38.6 Å². The molecule has 1 atom stereocenters. The lowest BCUT2D eigenvalue weighted by Gasteiger charge is -2.32. The highest BCUT2D eigenvalue weighted by molar-refractivity contribution is 6.77. The smallest absolute Gasteiger partial charge is 0.352 e. The number of aliphatic imine (C=N–C) groups is 2. The van der Waals surface area contributed by atoms with Gasteiger partial charge in [-0.1, -0.05) is 95.5 Å². The highest BCUT2D eigenvalue weighted by Gasteiger charge is 2.47. The van der Waals surface area contributed by atoms with E-state index in [1.165, 1.54) is 0 Å². The Hall–Kier alpha value is -2.75. The summed E-state index contributed by atoms with van der Waals surface area (Å²) >= 11 is 18.1. The maximum Gasteiger partial charge on any atom is 0.416 e. The molecule has 188 valence electrons. The summed E-state index contributed by atoms with van der Waals surface area (Å²) in [6.45, 7) is 0. The summed E-state index contributed by atoms with van der Waals surface area (Å²) in [7, 11) is 0. The van der Waals surface area contributed by atoms with Crippen LogP contribution in [0.4, 0.5) is 32.0 Å². The Morgan fingerprint density at radius 2 is 1.19 bits per heavy atom. The quantitative estimate of drug-likeness (QED) is 0.251. The van der Waals surface area contributed by atoms with Gasteiger partial charge in [-0.3, -0.25) is 0 Å². The fraction of sp³-hybridized carbons (Fsp3) is 0.167. The van der Waals surface area contributed by atoms with E-state index in [9.17, 15) is 26.3 Å². The molecule has 1 N–H and O–H groups in total. The van der Waals surface area contributed by atoms with Gasteiger partial charge in [-0.05, 0) is 18.2 Å². The van der Waals surface area contributed by atoms with Crippen molar-refractivity contribution in [2.75, 3.05) is 5.32 Å². The van der Waals surface area contributed by atoms with E-state index >= 15 is 0 Å². The largest absolute Gasteiger partial charge is 0.416 e. The van der Waals surface area contributed by atoms with Crippen LogP contribution in [0.2, 0.25) is 0 Å². The van der Waals surface area contributed by atoms with Crippen LogP contribution in [0.5, 0.6) is 0 Å². The highest BCUT2D eigenvalue weighted by Crippen LogP contribution is 2.43. The normalized spacial score (nSPS) is 18.6. The standard InChI is InChI=1S/C24H14Cl3F6N3/c25-22(26,27)20-34-19(14-7-3-1-4-8-14)21(36-20,15-9-5-2-6-10-15)35-18-12-16(23(28,29)30)11-17(13-18)24(31,32)33/h1-13,35H. The molecule has 0 bridgehead atoms. The number of rotatable bonds is 4. The third-order valence-electron chi connectivity index (χ3n) is 5.24. The number of hydrogen-bond donors (Lipinski definition) is 1. The molecule has 0 saturated carbocycles. The molecule has 36 heavy (non-hydrogen) atoms. The van der Waals surface area contributed by atoms with Crippen LogP contribution in [0, 0.1) is 0 Å². The van der Waals surface area contributed by atoms with Crippen LogP contribution in [-0.2, 0) is 18.0 Å². The zero-order valence-electron chi connectivity index (χ0n) is 17.8. The maximum atomic E-state index is 13.5. The van der Waals surface area contributed by atoms with Crippen LogP contribution < -0.4 is 5.32 Å². The molecule has 3 nitrogen and oxygen atoms in total. The molecule has 0 saturated heterocycles. The van der Waals surface area contributed by atoms with E-state index in [1.54, 1.807) is 60.7 Å². The maximum absolute atomic E-state index is 13.5. The number of anilines is 1. The van der Waals surface area contributed by atoms with Crippen LogP contribution in [0.3, 0.4) is 0 Å². The van der Waals surface area contributed by atoms with Crippen molar-refractivity contribution in [2.45, 2.75) is 21.8 Å². The minimum Gasteiger partial charge on any atom is -0.352 e. The van der Waals surface area contributed by atoms with E-state index in [1.807, 2.05) is 0 Å². The lowest BCUT2D eigenvalue weighted by atomic mass is 9.89. The fourth-order valence-electron chi connectivity index (χ4n) is 3.70. The molecule has 0 radical (unpaired) electrons. The van der Waals surface area contributed by atoms with E-state index in [-0.39, 0.29) is 17.6 Å². The summed E-state index contributed by atoms with van der Waals surface area (Å²) in [5.74, 6) is -0.300. The van der Waals surface area contributed by atoms with Gasteiger partial charge in [0.25, 0.3) is 0 Å². The second-order valence-electron chi connectivity index (χ2n) is 7.76. The summed E-state index contributed by atoms with van der Waals surface area (Å²) < 4.78 is 79.0. The number of amidine groups is 1.